The Bertz CT molecular complexity index is 589. The molecule has 3 N–H and O–H groups in total. The van der Waals surface area contributed by atoms with E-state index in [1.165, 1.54) is 0 Å². The van der Waals surface area contributed by atoms with Gasteiger partial charge in [-0.25, -0.2) is 13.1 Å². The molecule has 1 aromatic rings. The van der Waals surface area contributed by atoms with E-state index in [1.807, 2.05) is 4.98 Å². The van der Waals surface area contributed by atoms with Gasteiger partial charge >= 0.3 is 6.18 Å². The summed E-state index contributed by atoms with van der Waals surface area (Å²) in [6.45, 7) is -0.00857. The monoisotopic (exact) mass is 326 g/mol. The van der Waals surface area contributed by atoms with Crippen LogP contribution in [0.25, 0.3) is 0 Å². The Morgan fingerprint density at radius 1 is 1.33 bits per heavy atom. The summed E-state index contributed by atoms with van der Waals surface area (Å²) < 4.78 is 63.2. The number of nitrogens with one attached hydrogen (secondary N) is 2. The predicted molar refractivity (Wildman–Crippen MR) is 69.0 cm³/mol. The number of aliphatic hydroxyl groups is 1. The Morgan fingerprint density at radius 3 is 2.48 bits per heavy atom. The highest BCUT2D eigenvalue weighted by atomic mass is 32.2. The Balaban J connectivity index is 1.97. The van der Waals surface area contributed by atoms with Crippen LogP contribution >= 0.6 is 0 Å². The zero-order valence-corrected chi connectivity index (χ0v) is 12.0. The average Bonchev–Trinajstić information content (AvgIpc) is 2.97. The van der Waals surface area contributed by atoms with E-state index < -0.39 is 32.4 Å². The third kappa shape index (κ3) is 3.98. The number of aromatic nitrogens is 1. The molecule has 0 aromatic carbocycles. The van der Waals surface area contributed by atoms with Gasteiger partial charge in [0.25, 0.3) is 0 Å². The van der Waals surface area contributed by atoms with Gasteiger partial charge in [0.15, 0.2) is 0 Å². The molecule has 0 spiro atoms. The molecule has 0 atom stereocenters. The molecule has 9 heteroatoms. The summed E-state index contributed by atoms with van der Waals surface area (Å²) in [5.74, 6) is 0. The van der Waals surface area contributed by atoms with Crippen molar-refractivity contribution in [2.45, 2.75) is 48.8 Å². The number of rotatable bonds is 5. The van der Waals surface area contributed by atoms with Gasteiger partial charge < -0.3 is 10.1 Å². The minimum Gasteiger partial charge on any atom is -0.390 e. The summed E-state index contributed by atoms with van der Waals surface area (Å²) in [5.41, 5.74) is -1.98. The standard InChI is InChI=1S/C12H17F3N2O3S/c13-12(14,15)10-7-9(8-16-10)21(19,20)17-6-5-11(18)3-1-2-4-11/h7-8,16-18H,1-6H2. The number of H-pyrrole nitrogens is 1. The minimum absolute atomic E-state index is 0.00857. The van der Waals surface area contributed by atoms with Crippen molar-refractivity contribution in [2.75, 3.05) is 6.54 Å². The molecular formula is C12H17F3N2O3S. The molecule has 0 aliphatic heterocycles. The molecule has 5 nitrogen and oxygen atoms in total. The fourth-order valence-electron chi connectivity index (χ4n) is 2.48. The van der Waals surface area contributed by atoms with Gasteiger partial charge in [0.1, 0.15) is 10.6 Å². The van der Waals surface area contributed by atoms with Crippen molar-refractivity contribution in [1.82, 2.24) is 9.71 Å². The zero-order valence-electron chi connectivity index (χ0n) is 11.2. The van der Waals surface area contributed by atoms with Gasteiger partial charge in [0.2, 0.25) is 10.0 Å². The molecule has 120 valence electrons. The number of alkyl halides is 3. The van der Waals surface area contributed by atoms with Crippen molar-refractivity contribution in [3.8, 4) is 0 Å². The minimum atomic E-state index is -4.62. The average molecular weight is 326 g/mol. The highest BCUT2D eigenvalue weighted by Gasteiger charge is 2.34. The second-order valence-corrected chi connectivity index (χ2v) is 7.09. The van der Waals surface area contributed by atoms with Crippen molar-refractivity contribution < 1.29 is 26.7 Å². The molecule has 21 heavy (non-hydrogen) atoms. The van der Waals surface area contributed by atoms with Gasteiger partial charge in [-0.05, 0) is 25.3 Å². The fourth-order valence-corrected chi connectivity index (χ4v) is 3.50. The summed E-state index contributed by atoms with van der Waals surface area (Å²) in [4.78, 5) is 1.43. The summed E-state index contributed by atoms with van der Waals surface area (Å²) in [7, 11) is -4.01. The lowest BCUT2D eigenvalue weighted by molar-refractivity contribution is -0.140. The highest BCUT2D eigenvalue weighted by Crippen LogP contribution is 2.32. The lowest BCUT2D eigenvalue weighted by Gasteiger charge is -2.21. The Morgan fingerprint density at radius 2 is 1.95 bits per heavy atom. The Labute approximate surface area is 120 Å². The van der Waals surface area contributed by atoms with E-state index in [4.69, 9.17) is 0 Å². The van der Waals surface area contributed by atoms with E-state index in [-0.39, 0.29) is 13.0 Å². The van der Waals surface area contributed by atoms with Gasteiger partial charge in [-0.3, -0.25) is 0 Å². The Kier molecular flexibility index (Phi) is 4.36. The van der Waals surface area contributed by atoms with Crippen LogP contribution in [0.2, 0.25) is 0 Å². The van der Waals surface area contributed by atoms with E-state index in [0.717, 1.165) is 19.0 Å². The van der Waals surface area contributed by atoms with Crippen molar-refractivity contribution >= 4 is 10.0 Å². The molecule has 0 radical (unpaired) electrons. The fraction of sp³-hybridized carbons (Fsp3) is 0.667. The first-order valence-electron chi connectivity index (χ1n) is 6.60. The molecule has 1 saturated carbocycles. The quantitative estimate of drug-likeness (QED) is 0.774. The number of halogens is 3. The summed E-state index contributed by atoms with van der Waals surface area (Å²) >= 11 is 0. The third-order valence-corrected chi connectivity index (χ3v) is 5.13. The third-order valence-electron chi connectivity index (χ3n) is 3.69. The summed E-state index contributed by atoms with van der Waals surface area (Å²) in [6, 6.07) is 0.548. The van der Waals surface area contributed by atoms with E-state index >= 15 is 0 Å². The van der Waals surface area contributed by atoms with Crippen LogP contribution in [0, 0.1) is 0 Å². The molecule has 1 aromatic heterocycles. The highest BCUT2D eigenvalue weighted by molar-refractivity contribution is 7.89. The van der Waals surface area contributed by atoms with Crippen LogP contribution in [0.15, 0.2) is 17.2 Å². The van der Waals surface area contributed by atoms with Crippen LogP contribution in [-0.4, -0.2) is 30.7 Å². The number of sulfonamides is 1. The first-order chi connectivity index (χ1) is 9.62. The van der Waals surface area contributed by atoms with E-state index in [1.54, 1.807) is 0 Å². The topological polar surface area (TPSA) is 82.2 Å². The molecule has 0 amide bonds. The van der Waals surface area contributed by atoms with Crippen LogP contribution in [0.5, 0.6) is 0 Å². The zero-order chi connectivity index (χ0) is 15.7. The SMILES string of the molecule is O=S(=O)(NCCC1(O)CCCC1)c1c[nH]c(C(F)(F)F)c1. The van der Waals surface area contributed by atoms with Crippen LogP contribution in [0.1, 0.15) is 37.8 Å². The first kappa shape index (κ1) is 16.3. The maximum absolute atomic E-state index is 12.4. The summed E-state index contributed by atoms with van der Waals surface area (Å²) in [5, 5.41) is 10.1. The number of hydrogen-bond acceptors (Lipinski definition) is 3. The van der Waals surface area contributed by atoms with Gasteiger partial charge in [-0.15, -0.1) is 0 Å². The number of hydrogen-bond donors (Lipinski definition) is 3. The lowest BCUT2D eigenvalue weighted by Crippen LogP contribution is -2.32. The molecule has 1 heterocycles. The maximum Gasteiger partial charge on any atom is 0.431 e. The lowest BCUT2D eigenvalue weighted by atomic mass is 9.98. The van der Waals surface area contributed by atoms with Gasteiger partial charge in [0.05, 0.1) is 5.60 Å². The molecule has 0 unspecified atom stereocenters. The van der Waals surface area contributed by atoms with Crippen molar-refractivity contribution in [3.05, 3.63) is 18.0 Å². The van der Waals surface area contributed by atoms with E-state index in [0.29, 0.717) is 18.9 Å². The van der Waals surface area contributed by atoms with Gasteiger partial charge in [-0.2, -0.15) is 13.2 Å². The van der Waals surface area contributed by atoms with Crippen molar-refractivity contribution in [2.24, 2.45) is 0 Å². The smallest absolute Gasteiger partial charge is 0.390 e. The second kappa shape index (κ2) is 5.62. The molecule has 1 aliphatic carbocycles. The van der Waals surface area contributed by atoms with Crippen LogP contribution in [0.4, 0.5) is 13.2 Å². The largest absolute Gasteiger partial charge is 0.431 e. The predicted octanol–water partition coefficient (Wildman–Crippen LogP) is 2.01. The van der Waals surface area contributed by atoms with Crippen LogP contribution < -0.4 is 4.72 Å². The van der Waals surface area contributed by atoms with Crippen LogP contribution in [-0.2, 0) is 16.2 Å². The molecule has 2 rings (SSSR count). The molecule has 1 fully saturated rings. The van der Waals surface area contributed by atoms with Gasteiger partial charge in [0, 0.05) is 12.7 Å². The van der Waals surface area contributed by atoms with Gasteiger partial charge in [-0.1, -0.05) is 12.8 Å². The maximum atomic E-state index is 12.4. The summed E-state index contributed by atoms with van der Waals surface area (Å²) in [6.07, 6.45) is -0.523. The normalized spacial score (nSPS) is 19.0. The van der Waals surface area contributed by atoms with E-state index in [9.17, 15) is 26.7 Å². The van der Waals surface area contributed by atoms with Crippen molar-refractivity contribution in [1.29, 1.82) is 0 Å². The van der Waals surface area contributed by atoms with Crippen molar-refractivity contribution in [3.63, 3.8) is 0 Å². The first-order valence-corrected chi connectivity index (χ1v) is 8.08. The number of aromatic amines is 1. The van der Waals surface area contributed by atoms with Crippen LogP contribution in [0.3, 0.4) is 0 Å². The molecular weight excluding hydrogens is 309 g/mol. The molecule has 0 bridgehead atoms. The molecule has 1 aliphatic rings. The molecule has 0 saturated heterocycles. The van der Waals surface area contributed by atoms with E-state index in [2.05, 4.69) is 4.72 Å². The second-order valence-electron chi connectivity index (χ2n) is 5.33. The Hall–Kier alpha value is -1.06.